The highest BCUT2D eigenvalue weighted by molar-refractivity contribution is 6.43. The molecule has 0 aliphatic carbocycles. The van der Waals surface area contributed by atoms with Crippen LogP contribution in [-0.4, -0.2) is 25.3 Å². The molecule has 78 valence electrons. The summed E-state index contributed by atoms with van der Waals surface area (Å²) in [6, 6.07) is 8.57. The van der Waals surface area contributed by atoms with Crippen LogP contribution in [0.4, 0.5) is 0 Å². The van der Waals surface area contributed by atoms with Gasteiger partial charge in [-0.3, -0.25) is 4.79 Å². The first-order chi connectivity index (χ1) is 7.29. The summed E-state index contributed by atoms with van der Waals surface area (Å²) >= 11 is 0. The second kappa shape index (κ2) is 5.54. The van der Waals surface area contributed by atoms with Crippen LogP contribution in [0.5, 0.6) is 0 Å². The number of hydrogen-bond donors (Lipinski definition) is 0. The maximum atomic E-state index is 11.3. The van der Waals surface area contributed by atoms with E-state index in [0.29, 0.717) is 5.56 Å². The van der Waals surface area contributed by atoms with E-state index in [9.17, 15) is 9.59 Å². The van der Waals surface area contributed by atoms with Crippen LogP contribution in [-0.2, 0) is 19.2 Å². The molecule has 0 heterocycles. The molecule has 5 nitrogen and oxygen atoms in total. The molecule has 0 radical (unpaired) electrons. The molecule has 1 aromatic rings. The summed E-state index contributed by atoms with van der Waals surface area (Å²) in [6.45, 7) is 0.0520. The van der Waals surface area contributed by atoms with Gasteiger partial charge in [-0.25, -0.2) is 4.79 Å². The zero-order valence-corrected chi connectivity index (χ0v) is 8.04. The SMILES string of the molecule is CON=C(C(=O)OC=O)c1ccccc1. The summed E-state index contributed by atoms with van der Waals surface area (Å²) in [5.41, 5.74) is 0.469. The molecule has 0 atom stereocenters. The molecule has 0 aliphatic rings. The molecule has 15 heavy (non-hydrogen) atoms. The van der Waals surface area contributed by atoms with Crippen LogP contribution in [0.3, 0.4) is 0 Å². The highest BCUT2D eigenvalue weighted by Gasteiger charge is 2.16. The van der Waals surface area contributed by atoms with Crippen LogP contribution in [0.1, 0.15) is 5.56 Å². The molecule has 5 heteroatoms. The number of carbonyl (C=O) groups excluding carboxylic acids is 2. The molecular formula is C10H9NO4. The number of carbonyl (C=O) groups is 2. The van der Waals surface area contributed by atoms with Crippen molar-refractivity contribution in [3.63, 3.8) is 0 Å². The van der Waals surface area contributed by atoms with Crippen molar-refractivity contribution in [1.82, 2.24) is 0 Å². The minimum Gasteiger partial charge on any atom is -0.398 e. The highest BCUT2D eigenvalue weighted by Crippen LogP contribution is 2.03. The highest BCUT2D eigenvalue weighted by atomic mass is 16.6. The molecule has 0 N–H and O–H groups in total. The summed E-state index contributed by atoms with van der Waals surface area (Å²) in [6.07, 6.45) is 0. The van der Waals surface area contributed by atoms with E-state index in [1.165, 1.54) is 7.11 Å². The summed E-state index contributed by atoms with van der Waals surface area (Å²) in [7, 11) is 1.30. The third-order valence-corrected chi connectivity index (χ3v) is 1.58. The standard InChI is InChI=1S/C10H9NO4/c1-14-11-9(10(13)15-7-12)8-5-3-2-4-6-8/h2-7H,1H3. The summed E-state index contributed by atoms with van der Waals surface area (Å²) in [5, 5.41) is 3.50. The minimum absolute atomic E-state index is 0.0507. The number of rotatable bonds is 4. The molecule has 0 spiro atoms. The topological polar surface area (TPSA) is 65.0 Å². The predicted molar refractivity (Wildman–Crippen MR) is 52.1 cm³/mol. The summed E-state index contributed by atoms with van der Waals surface area (Å²) < 4.78 is 4.18. The van der Waals surface area contributed by atoms with Crippen molar-refractivity contribution in [2.24, 2.45) is 5.16 Å². The fourth-order valence-corrected chi connectivity index (χ4v) is 0.995. The minimum atomic E-state index is -0.849. The first kappa shape index (κ1) is 10.9. The Labute approximate surface area is 86.3 Å². The third-order valence-electron chi connectivity index (χ3n) is 1.58. The molecular weight excluding hydrogens is 198 g/mol. The molecule has 0 amide bonds. The zero-order valence-electron chi connectivity index (χ0n) is 8.04. The molecule has 0 fully saturated rings. The second-order valence-electron chi connectivity index (χ2n) is 2.49. The number of hydrogen-bond acceptors (Lipinski definition) is 5. The van der Waals surface area contributed by atoms with Gasteiger partial charge in [0.25, 0.3) is 0 Å². The van der Waals surface area contributed by atoms with Crippen molar-refractivity contribution in [1.29, 1.82) is 0 Å². The Kier molecular flexibility index (Phi) is 4.03. The van der Waals surface area contributed by atoms with Gasteiger partial charge in [0.05, 0.1) is 0 Å². The quantitative estimate of drug-likeness (QED) is 0.240. The van der Waals surface area contributed by atoms with E-state index in [0.717, 1.165) is 0 Å². The van der Waals surface area contributed by atoms with Crippen LogP contribution in [0.25, 0.3) is 0 Å². The lowest BCUT2D eigenvalue weighted by atomic mass is 10.1. The molecule has 0 aromatic heterocycles. The van der Waals surface area contributed by atoms with Crippen molar-refractivity contribution < 1.29 is 19.2 Å². The smallest absolute Gasteiger partial charge is 0.368 e. The van der Waals surface area contributed by atoms with Gasteiger partial charge >= 0.3 is 12.4 Å². The Bertz CT molecular complexity index is 372. The normalized spacial score (nSPS) is 10.6. The van der Waals surface area contributed by atoms with Crippen molar-refractivity contribution in [2.45, 2.75) is 0 Å². The number of ether oxygens (including phenoxy) is 1. The van der Waals surface area contributed by atoms with Gasteiger partial charge in [-0.05, 0) is 0 Å². The third kappa shape index (κ3) is 2.91. The lowest BCUT2D eigenvalue weighted by Gasteiger charge is -2.01. The fraction of sp³-hybridized carbons (Fsp3) is 0.100. The summed E-state index contributed by atoms with van der Waals surface area (Å²) in [4.78, 5) is 25.8. The molecule has 0 saturated carbocycles. The predicted octanol–water partition coefficient (Wildman–Crippen LogP) is 0.737. The zero-order chi connectivity index (χ0) is 11.1. The lowest BCUT2D eigenvalue weighted by molar-refractivity contribution is -0.145. The van der Waals surface area contributed by atoms with Crippen LogP contribution in [0.2, 0.25) is 0 Å². The molecule has 0 saturated heterocycles. The Morgan fingerprint density at radius 3 is 2.53 bits per heavy atom. The Morgan fingerprint density at radius 2 is 2.00 bits per heavy atom. The Hall–Kier alpha value is -2.17. The van der Waals surface area contributed by atoms with Gasteiger partial charge in [0.2, 0.25) is 0 Å². The van der Waals surface area contributed by atoms with Gasteiger partial charge in [0.15, 0.2) is 5.71 Å². The van der Waals surface area contributed by atoms with Crippen LogP contribution >= 0.6 is 0 Å². The summed E-state index contributed by atoms with van der Waals surface area (Å²) in [5.74, 6) is -0.849. The first-order valence-corrected chi connectivity index (χ1v) is 4.10. The maximum Gasteiger partial charge on any atom is 0.368 e. The van der Waals surface area contributed by atoms with E-state index >= 15 is 0 Å². The molecule has 0 aliphatic heterocycles. The fourth-order valence-electron chi connectivity index (χ4n) is 0.995. The van der Waals surface area contributed by atoms with Gasteiger partial charge in [0, 0.05) is 5.56 Å². The first-order valence-electron chi connectivity index (χ1n) is 4.10. The monoisotopic (exact) mass is 207 g/mol. The number of benzene rings is 1. The second-order valence-corrected chi connectivity index (χ2v) is 2.49. The Morgan fingerprint density at radius 1 is 1.33 bits per heavy atom. The van der Waals surface area contributed by atoms with Crippen molar-refractivity contribution in [2.75, 3.05) is 7.11 Å². The average molecular weight is 207 g/mol. The van der Waals surface area contributed by atoms with Gasteiger partial charge in [-0.1, -0.05) is 35.5 Å². The van der Waals surface area contributed by atoms with E-state index in [1.54, 1.807) is 30.3 Å². The van der Waals surface area contributed by atoms with Gasteiger partial charge < -0.3 is 9.57 Å². The molecule has 0 unspecified atom stereocenters. The lowest BCUT2D eigenvalue weighted by Crippen LogP contribution is -2.18. The average Bonchev–Trinajstić information content (AvgIpc) is 2.27. The van der Waals surface area contributed by atoms with Gasteiger partial charge in [0.1, 0.15) is 7.11 Å². The van der Waals surface area contributed by atoms with E-state index in [1.807, 2.05) is 0 Å². The number of oxime groups is 1. The van der Waals surface area contributed by atoms with E-state index in [4.69, 9.17) is 0 Å². The van der Waals surface area contributed by atoms with Gasteiger partial charge in [-0.2, -0.15) is 0 Å². The largest absolute Gasteiger partial charge is 0.398 e. The van der Waals surface area contributed by atoms with Crippen LogP contribution < -0.4 is 0 Å². The van der Waals surface area contributed by atoms with E-state index in [-0.39, 0.29) is 12.2 Å². The van der Waals surface area contributed by atoms with Crippen molar-refractivity contribution >= 4 is 18.2 Å². The number of esters is 1. The van der Waals surface area contributed by atoms with Crippen molar-refractivity contribution in [3.8, 4) is 0 Å². The molecule has 0 bridgehead atoms. The van der Waals surface area contributed by atoms with E-state index in [2.05, 4.69) is 14.7 Å². The van der Waals surface area contributed by atoms with E-state index < -0.39 is 5.97 Å². The Balaban J connectivity index is 2.99. The van der Waals surface area contributed by atoms with Crippen molar-refractivity contribution in [3.05, 3.63) is 35.9 Å². The molecule has 1 rings (SSSR count). The molecule has 1 aromatic carbocycles. The van der Waals surface area contributed by atoms with Gasteiger partial charge in [-0.15, -0.1) is 0 Å². The number of nitrogens with zero attached hydrogens (tertiary/aromatic N) is 1. The maximum absolute atomic E-state index is 11.3. The van der Waals surface area contributed by atoms with Crippen LogP contribution in [0.15, 0.2) is 35.5 Å². The van der Waals surface area contributed by atoms with Crippen LogP contribution in [0, 0.1) is 0 Å².